The van der Waals surface area contributed by atoms with Crippen molar-refractivity contribution < 1.29 is 50.7 Å². The predicted molar refractivity (Wildman–Crippen MR) is 103 cm³/mol. The summed E-state index contributed by atoms with van der Waals surface area (Å²) in [6.07, 6.45) is 14.4. The van der Waals surface area contributed by atoms with E-state index in [0.717, 1.165) is 19.3 Å². The Morgan fingerprint density at radius 2 is 1.67 bits per heavy atom. The summed E-state index contributed by atoms with van der Waals surface area (Å²) < 4.78 is 0. The zero-order valence-electron chi connectivity index (χ0n) is 15.6. The van der Waals surface area contributed by atoms with Gasteiger partial charge in [-0.2, -0.15) is 0 Å². The molecule has 4 rings (SSSR count). The fraction of sp³-hybridized carbons (Fsp3) is 0.250. The summed E-state index contributed by atoms with van der Waals surface area (Å²) in [6, 6.07) is 15.7. The molecule has 0 aliphatic heterocycles. The normalized spacial score (nSPS) is 15.6. The molecule has 2 aliphatic carbocycles. The predicted octanol–water partition coefficient (Wildman–Crippen LogP) is 0.229. The van der Waals surface area contributed by atoms with E-state index >= 15 is 0 Å². The Labute approximate surface area is 194 Å². The van der Waals surface area contributed by atoms with Crippen molar-refractivity contribution in [2.75, 3.05) is 0 Å². The van der Waals surface area contributed by atoms with Gasteiger partial charge < -0.3 is 24.8 Å². The van der Waals surface area contributed by atoms with Crippen LogP contribution in [0.4, 0.5) is 0 Å². The van der Waals surface area contributed by atoms with Crippen molar-refractivity contribution in [1.82, 2.24) is 0 Å². The third-order valence-electron chi connectivity index (χ3n) is 5.82. The molecule has 1 unspecified atom stereocenters. The second-order valence-corrected chi connectivity index (χ2v) is 7.21. The van der Waals surface area contributed by atoms with Crippen molar-refractivity contribution in [3.8, 4) is 11.1 Å². The van der Waals surface area contributed by atoms with E-state index in [1.54, 1.807) is 0 Å². The topological polar surface area (TPSA) is 0 Å². The van der Waals surface area contributed by atoms with Gasteiger partial charge in [-0.25, -0.2) is 0 Å². The van der Waals surface area contributed by atoms with Gasteiger partial charge in [-0.1, -0.05) is 79.8 Å². The second-order valence-electron chi connectivity index (χ2n) is 7.21. The molecule has 140 valence electrons. The van der Waals surface area contributed by atoms with Crippen LogP contribution in [0.3, 0.4) is 0 Å². The van der Waals surface area contributed by atoms with E-state index in [2.05, 4.69) is 86.3 Å². The fourth-order valence-electron chi connectivity index (χ4n) is 4.43. The van der Waals surface area contributed by atoms with Gasteiger partial charge in [0.2, 0.25) is 0 Å². The minimum Gasteiger partial charge on any atom is -1.00 e. The SMILES string of the molecule is C=CCCC(C)(c1cccc2c1Cc1ccccc1-2)C1C=CC=C1.[Cl-].[Cl-].[Hf]. The molecular weight excluding hydrogens is 538 g/mol. The summed E-state index contributed by atoms with van der Waals surface area (Å²) in [4.78, 5) is 0. The molecule has 2 aliphatic rings. The Hall–Kier alpha value is -0.890. The number of hydrogen-bond acceptors (Lipinski definition) is 0. The van der Waals surface area contributed by atoms with Crippen LogP contribution in [0.15, 0.2) is 79.4 Å². The molecule has 27 heavy (non-hydrogen) atoms. The quantitative estimate of drug-likeness (QED) is 0.309. The standard InChI is InChI=1S/C24H24.2ClH.Hf/c1-3-4-16-24(2,19-11-6-7-12-19)23-15-9-14-21-20-13-8-5-10-18(20)17-22(21)23;;;/h3,5-15,19H,1,4,16-17H2,2H3;2*1H;/p-2. The molecule has 2 aromatic rings. The number of hydrogen-bond donors (Lipinski definition) is 0. The Balaban J connectivity index is 0.00000121. The Bertz CT molecular complexity index is 841. The van der Waals surface area contributed by atoms with Crippen molar-refractivity contribution in [2.24, 2.45) is 5.92 Å². The second kappa shape index (κ2) is 10.1. The van der Waals surface area contributed by atoms with E-state index in [0.29, 0.717) is 5.92 Å². The van der Waals surface area contributed by atoms with E-state index < -0.39 is 0 Å². The first-order chi connectivity index (χ1) is 11.7. The average Bonchev–Trinajstić information content (AvgIpc) is 3.27. The first kappa shape index (κ1) is 24.1. The minimum absolute atomic E-state index is 0. The first-order valence-corrected chi connectivity index (χ1v) is 8.90. The smallest absolute Gasteiger partial charge is 0.00474 e. The van der Waals surface area contributed by atoms with Gasteiger partial charge in [0.25, 0.3) is 0 Å². The Kier molecular flexibility index (Phi) is 8.99. The third-order valence-corrected chi connectivity index (χ3v) is 5.82. The van der Waals surface area contributed by atoms with Crippen molar-refractivity contribution in [3.63, 3.8) is 0 Å². The largest absolute Gasteiger partial charge is 1.00 e. The molecule has 0 radical (unpaired) electrons. The molecule has 0 amide bonds. The van der Waals surface area contributed by atoms with Gasteiger partial charge >= 0.3 is 0 Å². The fourth-order valence-corrected chi connectivity index (χ4v) is 4.43. The Morgan fingerprint density at radius 3 is 2.37 bits per heavy atom. The maximum atomic E-state index is 3.95. The first-order valence-electron chi connectivity index (χ1n) is 8.90. The molecule has 0 heterocycles. The number of fused-ring (bicyclic) bond motifs is 3. The van der Waals surface area contributed by atoms with Crippen LogP contribution in [-0.2, 0) is 37.7 Å². The molecular formula is C24H24Cl2Hf-2. The third kappa shape index (κ3) is 4.26. The van der Waals surface area contributed by atoms with Crippen molar-refractivity contribution >= 4 is 0 Å². The van der Waals surface area contributed by atoms with Crippen LogP contribution in [0.25, 0.3) is 11.1 Å². The van der Waals surface area contributed by atoms with Crippen molar-refractivity contribution in [3.05, 3.63) is 96.1 Å². The van der Waals surface area contributed by atoms with Gasteiger partial charge in [-0.15, -0.1) is 6.58 Å². The molecule has 0 spiro atoms. The van der Waals surface area contributed by atoms with E-state index in [1.165, 1.54) is 27.8 Å². The van der Waals surface area contributed by atoms with Gasteiger partial charge in [0.05, 0.1) is 0 Å². The summed E-state index contributed by atoms with van der Waals surface area (Å²) >= 11 is 0. The maximum Gasteiger partial charge on any atom is 0.00474 e. The van der Waals surface area contributed by atoms with E-state index in [1.807, 2.05) is 0 Å². The zero-order valence-corrected chi connectivity index (χ0v) is 20.7. The van der Waals surface area contributed by atoms with Crippen LogP contribution in [-0.4, -0.2) is 0 Å². The van der Waals surface area contributed by atoms with Gasteiger partial charge in [-0.3, -0.25) is 0 Å². The van der Waals surface area contributed by atoms with E-state index in [-0.39, 0.29) is 56.1 Å². The van der Waals surface area contributed by atoms with Crippen LogP contribution in [0.2, 0.25) is 0 Å². The van der Waals surface area contributed by atoms with Gasteiger partial charge in [0, 0.05) is 37.2 Å². The summed E-state index contributed by atoms with van der Waals surface area (Å²) in [6.45, 7) is 6.38. The Morgan fingerprint density at radius 1 is 1.00 bits per heavy atom. The molecule has 0 bridgehead atoms. The molecule has 1 atom stereocenters. The van der Waals surface area contributed by atoms with Crippen LogP contribution in [0, 0.1) is 5.92 Å². The van der Waals surface area contributed by atoms with Crippen molar-refractivity contribution in [2.45, 2.75) is 31.6 Å². The average molecular weight is 562 g/mol. The molecule has 2 aromatic carbocycles. The van der Waals surface area contributed by atoms with Gasteiger partial charge in [-0.05, 0) is 47.1 Å². The summed E-state index contributed by atoms with van der Waals surface area (Å²) in [5, 5.41) is 0. The number of halogens is 2. The van der Waals surface area contributed by atoms with Gasteiger partial charge in [0.15, 0.2) is 0 Å². The van der Waals surface area contributed by atoms with Crippen LogP contribution >= 0.6 is 0 Å². The monoisotopic (exact) mass is 562 g/mol. The van der Waals surface area contributed by atoms with Crippen LogP contribution < -0.4 is 24.8 Å². The molecule has 0 saturated heterocycles. The molecule has 0 saturated carbocycles. The molecule has 0 nitrogen and oxygen atoms in total. The van der Waals surface area contributed by atoms with Crippen LogP contribution in [0.1, 0.15) is 36.5 Å². The number of allylic oxidation sites excluding steroid dienone is 5. The molecule has 0 N–H and O–H groups in total. The number of rotatable bonds is 5. The number of benzene rings is 2. The molecule has 0 aromatic heterocycles. The van der Waals surface area contributed by atoms with Crippen LogP contribution in [0.5, 0.6) is 0 Å². The van der Waals surface area contributed by atoms with E-state index in [4.69, 9.17) is 0 Å². The minimum atomic E-state index is 0. The summed E-state index contributed by atoms with van der Waals surface area (Å²) in [7, 11) is 0. The summed E-state index contributed by atoms with van der Waals surface area (Å²) in [5.41, 5.74) is 7.46. The zero-order chi connectivity index (χ0) is 16.6. The summed E-state index contributed by atoms with van der Waals surface area (Å²) in [5.74, 6) is 0.465. The van der Waals surface area contributed by atoms with Gasteiger partial charge in [0.1, 0.15) is 0 Å². The molecule has 0 fully saturated rings. The van der Waals surface area contributed by atoms with E-state index in [9.17, 15) is 0 Å². The molecule has 3 heteroatoms. The van der Waals surface area contributed by atoms with Crippen molar-refractivity contribution in [1.29, 1.82) is 0 Å². The maximum absolute atomic E-state index is 3.95.